The van der Waals surface area contributed by atoms with Gasteiger partial charge in [-0.25, -0.2) is 0 Å². The van der Waals surface area contributed by atoms with Gasteiger partial charge < -0.3 is 47.7 Å². The minimum Gasteiger partial charge on any atom is -0.493 e. The molecule has 0 aliphatic carbocycles. The monoisotopic (exact) mass is 636 g/mol. The van der Waals surface area contributed by atoms with Crippen molar-refractivity contribution >= 4 is 15.9 Å². The number of hydrogen-bond donors (Lipinski definition) is 1. The fourth-order valence-corrected chi connectivity index (χ4v) is 3.78. The summed E-state index contributed by atoms with van der Waals surface area (Å²) in [5.41, 5.74) is 1.58. The molecule has 1 N–H and O–H groups in total. The number of hydrogen-bond acceptors (Lipinski definition) is 10. The molecule has 2 saturated heterocycles. The van der Waals surface area contributed by atoms with Gasteiger partial charge in [-0.05, 0) is 35.4 Å². The van der Waals surface area contributed by atoms with Crippen LogP contribution in [0, 0.1) is 24.7 Å². The van der Waals surface area contributed by atoms with E-state index in [2.05, 4.69) is 27.8 Å². The summed E-state index contributed by atoms with van der Waals surface area (Å²) in [5, 5.41) is 10.6. The van der Waals surface area contributed by atoms with E-state index in [4.69, 9.17) is 55.5 Å². The highest BCUT2D eigenvalue weighted by molar-refractivity contribution is 9.09. The van der Waals surface area contributed by atoms with Crippen molar-refractivity contribution in [2.45, 2.75) is 24.4 Å². The van der Waals surface area contributed by atoms with Crippen molar-refractivity contribution in [3.63, 3.8) is 0 Å². The van der Waals surface area contributed by atoms with Crippen LogP contribution in [0.4, 0.5) is 0 Å². The average molecular weight is 638 g/mol. The molecule has 11 heteroatoms. The van der Waals surface area contributed by atoms with Gasteiger partial charge in [0.2, 0.25) is 11.5 Å². The van der Waals surface area contributed by atoms with Crippen LogP contribution in [0.25, 0.3) is 0 Å². The maximum absolute atomic E-state index is 9.99. The average Bonchev–Trinajstić information content (AvgIpc) is 3.94. The van der Waals surface area contributed by atoms with Crippen molar-refractivity contribution in [1.82, 2.24) is 0 Å². The molecule has 2 heterocycles. The van der Waals surface area contributed by atoms with Crippen LogP contribution in [-0.2, 0) is 14.2 Å². The summed E-state index contributed by atoms with van der Waals surface area (Å²) in [7, 11) is 9.34. The Morgan fingerprint density at radius 2 is 1.15 bits per heavy atom. The predicted octanol–water partition coefficient (Wildman–Crippen LogP) is 3.96. The zero-order valence-corrected chi connectivity index (χ0v) is 25.7. The Morgan fingerprint density at radius 3 is 1.44 bits per heavy atom. The standard InChI is InChI=1S/C15H18O5.C12H16O5.C3H3Br/c1-5-6-19-14(13-9-20-13)10-7-11(16-2)15(18-4)12(8-10)17-3;1-14-8-4-7(11(13)10-6-17-10)5-9(15-2)12(8)16-3;1-2-3-4/h1,7-8,13-14H,6,9H2,2-4H3;4-5,10-11,13H,6H2,1-3H3;1H,3H2/t13?,14-;10?,11-;/m11./s1. The quantitative estimate of drug-likeness (QED) is 0.209. The number of methoxy groups -OCH3 is 6. The lowest BCUT2D eigenvalue weighted by molar-refractivity contribution is 0.0538. The second-order valence-electron chi connectivity index (χ2n) is 8.38. The van der Waals surface area contributed by atoms with Gasteiger partial charge in [-0.15, -0.1) is 12.8 Å². The van der Waals surface area contributed by atoms with E-state index in [1.54, 1.807) is 54.8 Å². The van der Waals surface area contributed by atoms with Crippen molar-refractivity contribution in [2.24, 2.45) is 0 Å². The van der Waals surface area contributed by atoms with Crippen molar-refractivity contribution in [3.05, 3.63) is 35.4 Å². The third-order valence-corrected chi connectivity index (χ3v) is 6.20. The summed E-state index contributed by atoms with van der Waals surface area (Å²) in [6.07, 6.45) is 8.97. The van der Waals surface area contributed by atoms with Crippen molar-refractivity contribution in [3.8, 4) is 59.2 Å². The molecular formula is C30H37BrO10. The molecule has 0 saturated carbocycles. The van der Waals surface area contributed by atoms with E-state index in [1.165, 1.54) is 0 Å². The van der Waals surface area contributed by atoms with Crippen molar-refractivity contribution < 1.29 is 47.7 Å². The molecular weight excluding hydrogens is 600 g/mol. The molecule has 0 bridgehead atoms. The molecule has 224 valence electrons. The maximum Gasteiger partial charge on any atom is 0.203 e. The molecule has 2 aromatic rings. The van der Waals surface area contributed by atoms with Crippen LogP contribution in [0.2, 0.25) is 0 Å². The zero-order valence-electron chi connectivity index (χ0n) is 24.1. The lowest BCUT2D eigenvalue weighted by Crippen LogP contribution is -2.12. The van der Waals surface area contributed by atoms with E-state index >= 15 is 0 Å². The van der Waals surface area contributed by atoms with Crippen LogP contribution in [0.1, 0.15) is 23.3 Å². The molecule has 4 rings (SSSR count). The van der Waals surface area contributed by atoms with Crippen LogP contribution in [-0.4, -0.2) is 85.1 Å². The van der Waals surface area contributed by atoms with Gasteiger partial charge in [0, 0.05) is 0 Å². The minimum absolute atomic E-state index is 0.0196. The highest BCUT2D eigenvalue weighted by Gasteiger charge is 2.36. The molecule has 0 spiro atoms. The highest BCUT2D eigenvalue weighted by atomic mass is 79.9. The third-order valence-electron chi connectivity index (χ3n) is 5.88. The molecule has 2 fully saturated rings. The normalized spacial score (nSPS) is 17.4. The number of aliphatic hydroxyl groups is 1. The van der Waals surface area contributed by atoms with Gasteiger partial charge in [0.25, 0.3) is 0 Å². The molecule has 2 aliphatic heterocycles. The molecule has 4 atom stereocenters. The minimum atomic E-state index is -0.663. The Balaban J connectivity index is 0.000000256. The molecule has 41 heavy (non-hydrogen) atoms. The van der Waals surface area contributed by atoms with Gasteiger partial charge >= 0.3 is 0 Å². The molecule has 0 aromatic heterocycles. The number of ether oxygens (including phenoxy) is 9. The van der Waals surface area contributed by atoms with Crippen molar-refractivity contribution in [1.29, 1.82) is 0 Å². The van der Waals surface area contributed by atoms with E-state index in [1.807, 2.05) is 12.1 Å². The topological polar surface area (TPSA) is 110 Å². The summed E-state index contributed by atoms with van der Waals surface area (Å²) in [6.45, 7) is 1.46. The number of benzene rings is 2. The van der Waals surface area contributed by atoms with Crippen LogP contribution in [0.15, 0.2) is 24.3 Å². The molecule has 2 aromatic carbocycles. The van der Waals surface area contributed by atoms with Gasteiger partial charge in [0.05, 0.1) is 61.2 Å². The van der Waals surface area contributed by atoms with Gasteiger partial charge in [-0.1, -0.05) is 27.8 Å². The number of aliphatic hydroxyl groups excluding tert-OH is 1. The number of epoxide rings is 2. The fraction of sp³-hybridized carbons (Fsp3) is 0.467. The van der Waals surface area contributed by atoms with Crippen LogP contribution in [0.5, 0.6) is 34.5 Å². The summed E-state index contributed by atoms with van der Waals surface area (Å²) in [6, 6.07) is 7.16. The second kappa shape index (κ2) is 17.5. The maximum atomic E-state index is 9.99. The first-order chi connectivity index (χ1) is 19.9. The molecule has 2 unspecified atom stereocenters. The van der Waals surface area contributed by atoms with Crippen LogP contribution in [0.3, 0.4) is 0 Å². The van der Waals surface area contributed by atoms with Gasteiger partial charge in [-0.3, -0.25) is 0 Å². The highest BCUT2D eigenvalue weighted by Crippen LogP contribution is 2.43. The number of halogens is 1. The van der Waals surface area contributed by atoms with E-state index in [0.29, 0.717) is 58.6 Å². The van der Waals surface area contributed by atoms with Crippen molar-refractivity contribution in [2.75, 3.05) is 67.8 Å². The summed E-state index contributed by atoms with van der Waals surface area (Å²) >= 11 is 3.01. The Bertz CT molecular complexity index is 1130. The molecule has 2 aliphatic rings. The van der Waals surface area contributed by atoms with E-state index < -0.39 is 6.10 Å². The first-order valence-electron chi connectivity index (χ1n) is 12.4. The van der Waals surface area contributed by atoms with Gasteiger partial charge in [-0.2, -0.15) is 0 Å². The fourth-order valence-electron chi connectivity index (χ4n) is 3.78. The summed E-state index contributed by atoms with van der Waals surface area (Å²) in [4.78, 5) is 0. The lowest BCUT2D eigenvalue weighted by Gasteiger charge is -2.19. The number of alkyl halides is 1. The summed E-state index contributed by atoms with van der Waals surface area (Å²) in [5.74, 6) is 8.10. The lowest BCUT2D eigenvalue weighted by atomic mass is 10.1. The SMILES string of the molecule is C#CCBr.C#CCO[C@H](c1cc(OC)c(OC)c(OC)c1)C1CO1.COc1cc([C@@H](O)C2CO2)cc(OC)c1OC. The van der Waals surface area contributed by atoms with E-state index in [-0.39, 0.29) is 24.9 Å². The van der Waals surface area contributed by atoms with Gasteiger partial charge in [0.15, 0.2) is 23.0 Å². The predicted molar refractivity (Wildman–Crippen MR) is 157 cm³/mol. The largest absolute Gasteiger partial charge is 0.493 e. The Labute approximate surface area is 250 Å². The van der Waals surface area contributed by atoms with E-state index in [0.717, 1.165) is 5.56 Å². The van der Waals surface area contributed by atoms with Crippen LogP contribution < -0.4 is 28.4 Å². The third kappa shape index (κ3) is 9.63. The number of terminal acetylenes is 2. The van der Waals surface area contributed by atoms with Gasteiger partial charge in [0.1, 0.15) is 31.0 Å². The van der Waals surface area contributed by atoms with E-state index in [9.17, 15) is 5.11 Å². The first kappa shape index (κ1) is 33.9. The zero-order chi connectivity index (χ0) is 30.4. The Hall–Kier alpha value is -3.32. The Morgan fingerprint density at radius 1 is 0.756 bits per heavy atom. The molecule has 0 radical (unpaired) electrons. The second-order valence-corrected chi connectivity index (χ2v) is 8.94. The molecule has 0 amide bonds. The summed E-state index contributed by atoms with van der Waals surface area (Å²) < 4.78 is 47.6. The Kier molecular flexibility index (Phi) is 14.4. The molecule has 10 nitrogen and oxygen atoms in total. The first-order valence-corrected chi connectivity index (χ1v) is 13.5. The smallest absolute Gasteiger partial charge is 0.203 e. The number of rotatable bonds is 12. The van der Waals surface area contributed by atoms with Crippen LogP contribution >= 0.6 is 15.9 Å².